The highest BCUT2D eigenvalue weighted by Crippen LogP contribution is 2.24. The second-order valence-corrected chi connectivity index (χ2v) is 5.82. The Morgan fingerprint density at radius 3 is 2.41 bits per heavy atom. The summed E-state index contributed by atoms with van der Waals surface area (Å²) in [5.74, 6) is 1.82. The lowest BCUT2D eigenvalue weighted by molar-refractivity contribution is 0.424. The second kappa shape index (κ2) is 7.78. The maximum Gasteiger partial charge on any atom is 0.0136 e. The zero-order valence-electron chi connectivity index (χ0n) is 11.3. The van der Waals surface area contributed by atoms with Crippen LogP contribution in [0.5, 0.6) is 0 Å². The molecule has 1 aromatic carbocycles. The van der Waals surface area contributed by atoms with E-state index >= 15 is 0 Å². The molecule has 17 heavy (non-hydrogen) atoms. The van der Waals surface area contributed by atoms with Crippen molar-refractivity contribution in [2.24, 2.45) is 11.7 Å². The van der Waals surface area contributed by atoms with Gasteiger partial charge < -0.3 is 5.73 Å². The zero-order chi connectivity index (χ0) is 12.7. The Kier molecular flexibility index (Phi) is 6.68. The van der Waals surface area contributed by atoms with Gasteiger partial charge in [-0.3, -0.25) is 0 Å². The Morgan fingerprint density at radius 1 is 1.18 bits per heavy atom. The molecular weight excluding hydrogens is 226 g/mol. The van der Waals surface area contributed by atoms with Gasteiger partial charge in [-0.2, -0.15) is 0 Å². The van der Waals surface area contributed by atoms with E-state index in [1.165, 1.54) is 23.3 Å². The number of hydrogen-bond donors (Lipinski definition) is 1. The molecule has 2 heteroatoms. The third-order valence-electron chi connectivity index (χ3n) is 3.34. The predicted molar refractivity (Wildman–Crippen MR) is 78.6 cm³/mol. The molecule has 1 rings (SSSR count). The summed E-state index contributed by atoms with van der Waals surface area (Å²) < 4.78 is 0. The molecule has 0 amide bonds. The molecule has 0 spiro atoms. The van der Waals surface area contributed by atoms with Crippen molar-refractivity contribution < 1.29 is 0 Å². The van der Waals surface area contributed by atoms with Gasteiger partial charge in [0, 0.05) is 16.7 Å². The number of rotatable bonds is 7. The summed E-state index contributed by atoms with van der Waals surface area (Å²) in [7, 11) is 0. The first kappa shape index (κ1) is 14.6. The Labute approximate surface area is 110 Å². The van der Waals surface area contributed by atoms with E-state index in [9.17, 15) is 0 Å². The largest absolute Gasteiger partial charge is 0.327 e. The molecular formula is C15H25NS. The van der Waals surface area contributed by atoms with Crippen molar-refractivity contribution in [3.63, 3.8) is 0 Å². The van der Waals surface area contributed by atoms with Gasteiger partial charge in [0.05, 0.1) is 0 Å². The molecule has 0 saturated carbocycles. The van der Waals surface area contributed by atoms with E-state index in [1.807, 2.05) is 11.8 Å². The van der Waals surface area contributed by atoms with Crippen LogP contribution in [0.2, 0.25) is 0 Å². The minimum atomic E-state index is 0.324. The zero-order valence-corrected chi connectivity index (χ0v) is 12.1. The van der Waals surface area contributed by atoms with Crippen molar-refractivity contribution in [1.29, 1.82) is 0 Å². The Hall–Kier alpha value is -0.470. The summed E-state index contributed by atoms with van der Waals surface area (Å²) in [6, 6.07) is 8.86. The average molecular weight is 251 g/mol. The summed E-state index contributed by atoms with van der Waals surface area (Å²) >= 11 is 1.89. The van der Waals surface area contributed by atoms with E-state index in [2.05, 4.69) is 45.0 Å². The fourth-order valence-electron chi connectivity index (χ4n) is 2.03. The Morgan fingerprint density at radius 2 is 1.82 bits per heavy atom. The molecule has 0 saturated heterocycles. The normalized spacial score (nSPS) is 13.0. The Balaban J connectivity index is 2.38. The van der Waals surface area contributed by atoms with Crippen LogP contribution in [0.1, 0.15) is 38.7 Å². The lowest BCUT2D eigenvalue weighted by Gasteiger charge is -2.18. The topological polar surface area (TPSA) is 26.0 Å². The van der Waals surface area contributed by atoms with E-state index in [0.29, 0.717) is 6.04 Å². The molecule has 1 unspecified atom stereocenters. The van der Waals surface area contributed by atoms with E-state index in [-0.39, 0.29) is 0 Å². The smallest absolute Gasteiger partial charge is 0.0136 e. The summed E-state index contributed by atoms with van der Waals surface area (Å²) in [4.78, 5) is 1.37. The van der Waals surface area contributed by atoms with Gasteiger partial charge in [-0.05, 0) is 30.9 Å². The number of thioether (sulfide) groups is 1. The van der Waals surface area contributed by atoms with Crippen molar-refractivity contribution in [3.05, 3.63) is 29.8 Å². The van der Waals surface area contributed by atoms with E-state index in [4.69, 9.17) is 5.73 Å². The van der Waals surface area contributed by atoms with Crippen molar-refractivity contribution in [2.75, 3.05) is 5.75 Å². The first-order valence-electron chi connectivity index (χ1n) is 6.61. The van der Waals surface area contributed by atoms with Crippen molar-refractivity contribution in [2.45, 2.75) is 51.0 Å². The molecule has 2 N–H and O–H groups in total. The Bertz CT molecular complexity index is 320. The van der Waals surface area contributed by atoms with E-state index in [1.54, 1.807) is 0 Å². The quantitative estimate of drug-likeness (QED) is 0.733. The lowest BCUT2D eigenvalue weighted by Crippen LogP contribution is -2.25. The number of aryl methyl sites for hydroxylation is 1. The fraction of sp³-hybridized carbons (Fsp3) is 0.600. The predicted octanol–water partition coefficient (Wildman–Crippen LogP) is 4.24. The maximum absolute atomic E-state index is 6.20. The van der Waals surface area contributed by atoms with Crippen LogP contribution in [0.4, 0.5) is 0 Å². The van der Waals surface area contributed by atoms with Crippen LogP contribution < -0.4 is 5.73 Å². The molecule has 1 nitrogen and oxygen atoms in total. The first-order valence-corrected chi connectivity index (χ1v) is 7.59. The van der Waals surface area contributed by atoms with Gasteiger partial charge in [-0.25, -0.2) is 0 Å². The van der Waals surface area contributed by atoms with Crippen LogP contribution in [-0.4, -0.2) is 11.8 Å². The van der Waals surface area contributed by atoms with Crippen LogP contribution in [0.3, 0.4) is 0 Å². The van der Waals surface area contributed by atoms with Gasteiger partial charge in [0.15, 0.2) is 0 Å². The minimum Gasteiger partial charge on any atom is -0.327 e. The third kappa shape index (κ3) is 5.13. The molecule has 0 aliphatic heterocycles. The summed E-state index contributed by atoms with van der Waals surface area (Å²) in [6.45, 7) is 6.68. The molecule has 1 aromatic rings. The van der Waals surface area contributed by atoms with Gasteiger partial charge in [-0.1, -0.05) is 44.9 Å². The number of hydrogen-bond acceptors (Lipinski definition) is 2. The van der Waals surface area contributed by atoms with Crippen LogP contribution >= 0.6 is 11.8 Å². The molecule has 96 valence electrons. The van der Waals surface area contributed by atoms with Gasteiger partial charge in [0.25, 0.3) is 0 Å². The van der Waals surface area contributed by atoms with Crippen molar-refractivity contribution in [3.8, 4) is 0 Å². The molecule has 0 fully saturated rings. The standard InChI is InChI=1S/C15H25NS/c1-4-13(5-2)10-14(16)11-17-15-9-7-6-8-12(15)3/h6-9,13-14H,4-5,10-11,16H2,1-3H3. The SMILES string of the molecule is CCC(CC)CC(N)CSc1ccccc1C. The van der Waals surface area contributed by atoms with Crippen LogP contribution in [-0.2, 0) is 0 Å². The summed E-state index contributed by atoms with van der Waals surface area (Å²) in [5, 5.41) is 0. The van der Waals surface area contributed by atoms with E-state index < -0.39 is 0 Å². The molecule has 0 aromatic heterocycles. The highest BCUT2D eigenvalue weighted by Gasteiger charge is 2.11. The van der Waals surface area contributed by atoms with E-state index in [0.717, 1.165) is 18.1 Å². The van der Waals surface area contributed by atoms with Crippen molar-refractivity contribution >= 4 is 11.8 Å². The van der Waals surface area contributed by atoms with Gasteiger partial charge in [-0.15, -0.1) is 11.8 Å². The molecule has 0 aliphatic rings. The number of benzene rings is 1. The molecule has 0 radical (unpaired) electrons. The maximum atomic E-state index is 6.20. The fourth-order valence-corrected chi connectivity index (χ4v) is 3.03. The molecule has 1 atom stereocenters. The van der Waals surface area contributed by atoms with Gasteiger partial charge >= 0.3 is 0 Å². The van der Waals surface area contributed by atoms with Crippen LogP contribution in [0.15, 0.2) is 29.2 Å². The second-order valence-electron chi connectivity index (χ2n) is 4.75. The lowest BCUT2D eigenvalue weighted by atomic mass is 9.96. The van der Waals surface area contributed by atoms with Crippen LogP contribution in [0.25, 0.3) is 0 Å². The summed E-state index contributed by atoms with van der Waals surface area (Å²) in [6.07, 6.45) is 3.66. The summed E-state index contributed by atoms with van der Waals surface area (Å²) in [5.41, 5.74) is 7.56. The van der Waals surface area contributed by atoms with Crippen LogP contribution in [0, 0.1) is 12.8 Å². The third-order valence-corrected chi connectivity index (χ3v) is 4.70. The molecule has 0 aliphatic carbocycles. The highest BCUT2D eigenvalue weighted by atomic mass is 32.2. The molecule has 0 bridgehead atoms. The molecule has 0 heterocycles. The monoisotopic (exact) mass is 251 g/mol. The minimum absolute atomic E-state index is 0.324. The van der Waals surface area contributed by atoms with Gasteiger partial charge in [0.1, 0.15) is 0 Å². The van der Waals surface area contributed by atoms with Crippen molar-refractivity contribution in [1.82, 2.24) is 0 Å². The number of nitrogens with two attached hydrogens (primary N) is 1. The van der Waals surface area contributed by atoms with Gasteiger partial charge in [0.2, 0.25) is 0 Å². The first-order chi connectivity index (χ1) is 8.17. The highest BCUT2D eigenvalue weighted by molar-refractivity contribution is 7.99. The average Bonchev–Trinajstić information content (AvgIpc) is 2.35.